The molecule has 1 rings (SSSR count). The molecule has 0 spiro atoms. The van der Waals surface area contributed by atoms with E-state index in [0.29, 0.717) is 5.69 Å². The van der Waals surface area contributed by atoms with Crippen LogP contribution >= 0.6 is 0 Å². The van der Waals surface area contributed by atoms with Crippen LogP contribution in [0.3, 0.4) is 0 Å². The van der Waals surface area contributed by atoms with Gasteiger partial charge in [-0.3, -0.25) is 5.32 Å². The van der Waals surface area contributed by atoms with Gasteiger partial charge in [-0.05, 0) is 13.8 Å². The maximum absolute atomic E-state index is 11.6. The summed E-state index contributed by atoms with van der Waals surface area (Å²) >= 11 is 0. The smallest absolute Gasteiger partial charge is 0.328 e. The van der Waals surface area contributed by atoms with Gasteiger partial charge < -0.3 is 20.3 Å². The number of aliphatic hydroxyl groups excluding tert-OH is 1. The number of aryl methyl sites for hydroxylation is 1. The molecule has 1 aromatic rings. The molecule has 4 N–H and O–H groups in total. The largest absolute Gasteiger partial charge is 0.481 e. The number of urea groups is 1. The minimum absolute atomic E-state index is 0.0333. The van der Waals surface area contributed by atoms with Gasteiger partial charge in [-0.25, -0.2) is 14.6 Å². The monoisotopic (exact) mass is 284 g/mol. The van der Waals surface area contributed by atoms with Gasteiger partial charge in [0.25, 0.3) is 0 Å². The van der Waals surface area contributed by atoms with E-state index in [9.17, 15) is 14.7 Å². The molecule has 0 bridgehead atoms. The number of rotatable bonds is 5. The number of hydrogen-bond acceptors (Lipinski definition) is 6. The van der Waals surface area contributed by atoms with E-state index >= 15 is 0 Å². The number of amides is 2. The Kier molecular flexibility index (Phi) is 5.21. The summed E-state index contributed by atoms with van der Waals surface area (Å²) in [6.07, 6.45) is -1.24. The van der Waals surface area contributed by atoms with Crippen molar-refractivity contribution in [1.29, 1.82) is 0 Å². The van der Waals surface area contributed by atoms with Gasteiger partial charge in [-0.15, -0.1) is 0 Å². The lowest BCUT2D eigenvalue weighted by Crippen LogP contribution is -2.49. The Morgan fingerprint density at radius 3 is 2.55 bits per heavy atom. The summed E-state index contributed by atoms with van der Waals surface area (Å²) in [6, 6.07) is -0.702. The van der Waals surface area contributed by atoms with E-state index in [-0.39, 0.29) is 11.8 Å². The molecule has 1 aromatic heterocycles. The quantitative estimate of drug-likeness (QED) is 0.585. The fourth-order valence-corrected chi connectivity index (χ4v) is 1.37. The molecular weight excluding hydrogens is 268 g/mol. The molecule has 0 saturated heterocycles. The average molecular weight is 284 g/mol. The van der Waals surface area contributed by atoms with Crippen LogP contribution in [0.2, 0.25) is 0 Å². The Labute approximate surface area is 115 Å². The minimum Gasteiger partial charge on any atom is -0.481 e. The third-order valence-corrected chi connectivity index (χ3v) is 2.30. The number of aliphatic hydroxyl groups is 1. The lowest BCUT2D eigenvalue weighted by Gasteiger charge is -2.17. The van der Waals surface area contributed by atoms with Crippen molar-refractivity contribution >= 4 is 17.9 Å². The molecule has 0 unspecified atom stereocenters. The highest BCUT2D eigenvalue weighted by molar-refractivity contribution is 5.91. The van der Waals surface area contributed by atoms with Gasteiger partial charge in [-0.2, -0.15) is 4.98 Å². The Balaban J connectivity index is 2.75. The standard InChI is InChI=1S/C11H16N4O5/c1-5-4-7(20-3)13-10(12-5)15-11(19)14-8(6(2)16)9(17)18/h4,6,8,16H,1-3H3,(H,17,18)(H2,12,13,14,15,19)/t6-,8+/m1/s1. The zero-order chi connectivity index (χ0) is 15.3. The lowest BCUT2D eigenvalue weighted by atomic mass is 10.2. The zero-order valence-corrected chi connectivity index (χ0v) is 11.2. The number of carbonyl (C=O) groups is 2. The molecule has 110 valence electrons. The summed E-state index contributed by atoms with van der Waals surface area (Å²) in [5.74, 6) is -1.12. The predicted molar refractivity (Wildman–Crippen MR) is 68.6 cm³/mol. The molecule has 1 heterocycles. The average Bonchev–Trinajstić information content (AvgIpc) is 2.34. The normalized spacial score (nSPS) is 13.2. The highest BCUT2D eigenvalue weighted by Gasteiger charge is 2.25. The number of aromatic nitrogens is 2. The van der Waals surface area contributed by atoms with E-state index in [1.165, 1.54) is 14.0 Å². The maximum atomic E-state index is 11.6. The second-order valence-electron chi connectivity index (χ2n) is 4.03. The molecular formula is C11H16N4O5. The molecule has 20 heavy (non-hydrogen) atoms. The van der Waals surface area contributed by atoms with Crippen molar-refractivity contribution in [2.45, 2.75) is 26.0 Å². The highest BCUT2D eigenvalue weighted by Crippen LogP contribution is 2.11. The first-order valence-electron chi connectivity index (χ1n) is 5.71. The fourth-order valence-electron chi connectivity index (χ4n) is 1.37. The van der Waals surface area contributed by atoms with Crippen LogP contribution in [0.4, 0.5) is 10.7 Å². The third kappa shape index (κ3) is 4.35. The van der Waals surface area contributed by atoms with Gasteiger partial charge >= 0.3 is 12.0 Å². The summed E-state index contributed by atoms with van der Waals surface area (Å²) in [5.41, 5.74) is 0.567. The Hall–Kier alpha value is -2.42. The molecule has 0 fully saturated rings. The molecule has 0 saturated carbocycles. The molecule has 2 amide bonds. The minimum atomic E-state index is -1.43. The van der Waals surface area contributed by atoms with Gasteiger partial charge in [0.15, 0.2) is 6.04 Å². The van der Waals surface area contributed by atoms with Crippen LogP contribution in [0.1, 0.15) is 12.6 Å². The number of nitrogens with one attached hydrogen (secondary N) is 2. The number of ether oxygens (including phenoxy) is 1. The maximum Gasteiger partial charge on any atom is 0.328 e. The SMILES string of the molecule is COc1cc(C)nc(NC(=O)N[C@H](C(=O)O)[C@@H](C)O)n1. The molecule has 0 aliphatic heterocycles. The number of aliphatic carboxylic acids is 1. The summed E-state index contributed by atoms with van der Waals surface area (Å²) < 4.78 is 4.92. The first-order valence-corrected chi connectivity index (χ1v) is 5.71. The summed E-state index contributed by atoms with van der Waals surface area (Å²) in [7, 11) is 1.42. The summed E-state index contributed by atoms with van der Waals surface area (Å²) in [5, 5.41) is 22.5. The number of methoxy groups -OCH3 is 1. The van der Waals surface area contributed by atoms with Gasteiger partial charge in [0.2, 0.25) is 11.8 Å². The number of carbonyl (C=O) groups excluding carboxylic acids is 1. The van der Waals surface area contributed by atoms with Crippen molar-refractivity contribution in [2.24, 2.45) is 0 Å². The third-order valence-electron chi connectivity index (χ3n) is 2.30. The van der Waals surface area contributed by atoms with Crippen LogP contribution in [0, 0.1) is 6.92 Å². The van der Waals surface area contributed by atoms with Crippen molar-refractivity contribution in [2.75, 3.05) is 12.4 Å². The highest BCUT2D eigenvalue weighted by atomic mass is 16.5. The zero-order valence-electron chi connectivity index (χ0n) is 11.2. The second kappa shape index (κ2) is 6.66. The Bertz CT molecular complexity index is 506. The molecule has 2 atom stereocenters. The number of carboxylic acids is 1. The van der Waals surface area contributed by atoms with Crippen molar-refractivity contribution < 1.29 is 24.5 Å². The predicted octanol–water partition coefficient (Wildman–Crippen LogP) is -0.251. The van der Waals surface area contributed by atoms with Crippen LogP contribution in [-0.4, -0.2) is 51.4 Å². The summed E-state index contributed by atoms with van der Waals surface area (Å²) in [6.45, 7) is 2.94. The van der Waals surface area contributed by atoms with Crippen LogP contribution in [-0.2, 0) is 4.79 Å². The molecule has 0 aliphatic carbocycles. The number of anilines is 1. The Morgan fingerprint density at radius 2 is 2.05 bits per heavy atom. The van der Waals surface area contributed by atoms with E-state index in [2.05, 4.69) is 20.6 Å². The number of hydrogen-bond donors (Lipinski definition) is 4. The Morgan fingerprint density at radius 1 is 1.40 bits per heavy atom. The topological polar surface area (TPSA) is 134 Å². The van der Waals surface area contributed by atoms with Crippen LogP contribution < -0.4 is 15.4 Å². The first-order chi connectivity index (χ1) is 9.33. The van der Waals surface area contributed by atoms with Crippen LogP contribution in [0.5, 0.6) is 5.88 Å². The van der Waals surface area contributed by atoms with Gasteiger partial charge in [0, 0.05) is 11.8 Å². The molecule has 0 aromatic carbocycles. The number of carboxylic acid groups (broad SMARTS) is 1. The van der Waals surface area contributed by atoms with Crippen LogP contribution in [0.15, 0.2) is 6.07 Å². The van der Waals surface area contributed by atoms with Crippen molar-refractivity contribution in [3.05, 3.63) is 11.8 Å². The van der Waals surface area contributed by atoms with E-state index in [4.69, 9.17) is 9.84 Å². The molecule has 9 nitrogen and oxygen atoms in total. The number of nitrogens with zero attached hydrogens (tertiary/aromatic N) is 2. The van der Waals surface area contributed by atoms with E-state index in [1.54, 1.807) is 13.0 Å². The fraction of sp³-hybridized carbons (Fsp3) is 0.455. The van der Waals surface area contributed by atoms with Crippen LogP contribution in [0.25, 0.3) is 0 Å². The van der Waals surface area contributed by atoms with Crippen molar-refractivity contribution in [1.82, 2.24) is 15.3 Å². The van der Waals surface area contributed by atoms with Gasteiger partial charge in [-0.1, -0.05) is 0 Å². The van der Waals surface area contributed by atoms with E-state index < -0.39 is 24.1 Å². The molecule has 0 radical (unpaired) electrons. The van der Waals surface area contributed by atoms with E-state index in [1.807, 2.05) is 0 Å². The lowest BCUT2D eigenvalue weighted by molar-refractivity contribution is -0.141. The first kappa shape index (κ1) is 15.6. The van der Waals surface area contributed by atoms with Gasteiger partial charge in [0.1, 0.15) is 0 Å². The second-order valence-corrected chi connectivity index (χ2v) is 4.03. The van der Waals surface area contributed by atoms with Gasteiger partial charge in [0.05, 0.1) is 13.2 Å². The van der Waals surface area contributed by atoms with Crippen molar-refractivity contribution in [3.63, 3.8) is 0 Å². The summed E-state index contributed by atoms with van der Waals surface area (Å²) in [4.78, 5) is 30.3. The van der Waals surface area contributed by atoms with Crippen molar-refractivity contribution in [3.8, 4) is 5.88 Å². The molecule has 0 aliphatic rings. The van der Waals surface area contributed by atoms with E-state index in [0.717, 1.165) is 0 Å². The molecule has 9 heteroatoms.